The van der Waals surface area contributed by atoms with Gasteiger partial charge in [0.2, 0.25) is 5.66 Å². The molecule has 0 aromatic rings. The second-order valence-corrected chi connectivity index (χ2v) is 2.98. The van der Waals surface area contributed by atoms with Gasteiger partial charge in [0.15, 0.2) is 0 Å². The zero-order valence-electron chi connectivity index (χ0n) is 5.96. The van der Waals surface area contributed by atoms with Gasteiger partial charge in [-0.2, -0.15) is 10.2 Å². The molecule has 0 radical (unpaired) electrons. The summed E-state index contributed by atoms with van der Waals surface area (Å²) in [5, 5.41) is 7.78. The Morgan fingerprint density at radius 1 is 1.44 bits per heavy atom. The first-order valence-corrected chi connectivity index (χ1v) is 3.33. The number of hydrogen-bond donors (Lipinski definition) is 1. The second kappa shape index (κ2) is 2.06. The van der Waals surface area contributed by atoms with E-state index in [1.807, 2.05) is 0 Å². The van der Waals surface area contributed by atoms with Crippen LogP contribution in [0, 0.1) is 5.92 Å². The predicted molar refractivity (Wildman–Crippen MR) is 36.1 cm³/mol. The molecule has 9 heavy (non-hydrogen) atoms. The van der Waals surface area contributed by atoms with Crippen LogP contribution in [0.25, 0.3) is 0 Å². The smallest absolute Gasteiger partial charge is 0.203 e. The van der Waals surface area contributed by atoms with Gasteiger partial charge in [-0.05, 0) is 12.3 Å². The fourth-order valence-corrected chi connectivity index (χ4v) is 0.971. The third kappa shape index (κ3) is 1.48. The summed E-state index contributed by atoms with van der Waals surface area (Å²) in [6.45, 7) is 4.88. The lowest BCUT2D eigenvalue weighted by Crippen LogP contribution is -2.25. The minimum absolute atomic E-state index is 0.159. The molecule has 0 fully saturated rings. The zero-order valence-corrected chi connectivity index (χ0v) is 5.96. The maximum absolute atomic E-state index is 5.43. The highest BCUT2D eigenvalue weighted by atomic mass is 15.4. The summed E-state index contributed by atoms with van der Waals surface area (Å²) in [5.41, 5.74) is 5.27. The van der Waals surface area contributed by atoms with Crippen molar-refractivity contribution >= 4 is 0 Å². The van der Waals surface area contributed by atoms with Gasteiger partial charge in [-0.25, -0.2) is 0 Å². The number of hydrogen-bond acceptors (Lipinski definition) is 3. The van der Waals surface area contributed by atoms with E-state index in [2.05, 4.69) is 24.1 Å². The molecule has 0 saturated heterocycles. The van der Waals surface area contributed by atoms with Gasteiger partial charge < -0.3 is 5.73 Å². The molecule has 3 nitrogen and oxygen atoms in total. The van der Waals surface area contributed by atoms with E-state index in [1.165, 1.54) is 0 Å². The molecule has 0 aliphatic carbocycles. The van der Waals surface area contributed by atoms with Crippen LogP contribution in [0.15, 0.2) is 10.2 Å². The first-order chi connectivity index (χ1) is 4.18. The van der Waals surface area contributed by atoms with Gasteiger partial charge in [0.05, 0.1) is 0 Å². The molecular weight excluding hydrogens is 114 g/mol. The lowest BCUT2D eigenvalue weighted by Gasteiger charge is -2.08. The molecule has 0 bridgehead atoms. The third-order valence-corrected chi connectivity index (χ3v) is 1.44. The molecule has 0 atom stereocenters. The summed E-state index contributed by atoms with van der Waals surface area (Å²) in [6, 6.07) is 0. The van der Waals surface area contributed by atoms with Crippen molar-refractivity contribution < 1.29 is 0 Å². The van der Waals surface area contributed by atoms with Crippen LogP contribution in [0.1, 0.15) is 20.3 Å². The van der Waals surface area contributed by atoms with E-state index in [4.69, 9.17) is 5.73 Å². The summed E-state index contributed by atoms with van der Waals surface area (Å²) in [4.78, 5) is 0. The first kappa shape index (κ1) is 6.68. The van der Waals surface area contributed by atoms with Gasteiger partial charge in [0, 0.05) is 6.54 Å². The molecule has 0 unspecified atom stereocenters. The Bertz CT molecular complexity index is 122. The molecule has 0 amide bonds. The van der Waals surface area contributed by atoms with Crippen LogP contribution in [0.3, 0.4) is 0 Å². The van der Waals surface area contributed by atoms with Crippen LogP contribution in [-0.4, -0.2) is 12.2 Å². The molecule has 1 rings (SSSR count). The van der Waals surface area contributed by atoms with Crippen molar-refractivity contribution in [2.75, 3.05) is 6.54 Å². The number of nitrogens with two attached hydrogens (primary N) is 1. The van der Waals surface area contributed by atoms with Crippen LogP contribution in [0.4, 0.5) is 0 Å². The molecule has 0 aromatic carbocycles. The van der Waals surface area contributed by atoms with E-state index in [1.54, 1.807) is 0 Å². The monoisotopic (exact) mass is 127 g/mol. The molecule has 1 heterocycles. The van der Waals surface area contributed by atoms with Gasteiger partial charge in [-0.1, -0.05) is 13.8 Å². The average Bonchev–Trinajstić information content (AvgIpc) is 2.48. The Balaban J connectivity index is 2.26. The molecule has 0 aromatic heterocycles. The first-order valence-electron chi connectivity index (χ1n) is 3.33. The van der Waals surface area contributed by atoms with Crippen LogP contribution < -0.4 is 5.73 Å². The molecular formula is C6H13N3. The third-order valence-electron chi connectivity index (χ3n) is 1.44. The topological polar surface area (TPSA) is 50.7 Å². The Morgan fingerprint density at radius 3 is 2.11 bits per heavy atom. The summed E-state index contributed by atoms with van der Waals surface area (Å²) < 4.78 is 0. The average molecular weight is 127 g/mol. The van der Waals surface area contributed by atoms with E-state index in [-0.39, 0.29) is 5.66 Å². The van der Waals surface area contributed by atoms with Crippen LogP contribution in [0.2, 0.25) is 0 Å². The maximum Gasteiger partial charge on any atom is 0.203 e. The fourth-order valence-electron chi connectivity index (χ4n) is 0.971. The van der Waals surface area contributed by atoms with E-state index >= 15 is 0 Å². The molecule has 0 saturated carbocycles. The molecule has 1 aliphatic rings. The molecule has 0 spiro atoms. The summed E-state index contributed by atoms with van der Waals surface area (Å²) in [5.74, 6) is 0.642. The quantitative estimate of drug-likeness (QED) is 0.607. The van der Waals surface area contributed by atoms with E-state index in [0.717, 1.165) is 6.42 Å². The Labute approximate surface area is 55.3 Å². The van der Waals surface area contributed by atoms with Crippen molar-refractivity contribution in [3.05, 3.63) is 0 Å². The number of nitrogens with zero attached hydrogens (tertiary/aromatic N) is 2. The van der Waals surface area contributed by atoms with Crippen molar-refractivity contribution in [3.8, 4) is 0 Å². The SMILES string of the molecule is CC(C)CC1(CN)N=N1. The van der Waals surface area contributed by atoms with Crippen molar-refractivity contribution in [3.63, 3.8) is 0 Å². The highest BCUT2D eigenvalue weighted by Crippen LogP contribution is 2.33. The van der Waals surface area contributed by atoms with E-state index in [9.17, 15) is 0 Å². The van der Waals surface area contributed by atoms with Crippen molar-refractivity contribution in [2.45, 2.75) is 25.9 Å². The second-order valence-electron chi connectivity index (χ2n) is 2.98. The van der Waals surface area contributed by atoms with Crippen molar-refractivity contribution in [1.29, 1.82) is 0 Å². The van der Waals surface area contributed by atoms with Crippen molar-refractivity contribution in [2.24, 2.45) is 21.9 Å². The fraction of sp³-hybridized carbons (Fsp3) is 1.00. The number of rotatable bonds is 3. The largest absolute Gasteiger partial charge is 0.326 e. The lowest BCUT2D eigenvalue weighted by atomic mass is 10.0. The molecule has 52 valence electrons. The standard InChI is InChI=1S/C6H13N3/c1-5(2)3-6(4-7)8-9-6/h5H,3-4,7H2,1-2H3. The minimum Gasteiger partial charge on any atom is -0.326 e. The van der Waals surface area contributed by atoms with Gasteiger partial charge >= 0.3 is 0 Å². The van der Waals surface area contributed by atoms with Gasteiger partial charge in [0.1, 0.15) is 0 Å². The van der Waals surface area contributed by atoms with Crippen LogP contribution in [-0.2, 0) is 0 Å². The summed E-state index contributed by atoms with van der Waals surface area (Å²) in [7, 11) is 0. The van der Waals surface area contributed by atoms with Gasteiger partial charge in [0.25, 0.3) is 0 Å². The Hall–Kier alpha value is -0.440. The molecule has 1 aliphatic heterocycles. The van der Waals surface area contributed by atoms with E-state index < -0.39 is 0 Å². The van der Waals surface area contributed by atoms with Gasteiger partial charge in [-0.15, -0.1) is 0 Å². The lowest BCUT2D eigenvalue weighted by molar-refractivity contribution is 0.457. The highest BCUT2D eigenvalue weighted by Gasteiger charge is 2.38. The molecule has 2 N–H and O–H groups in total. The minimum atomic E-state index is -0.159. The summed E-state index contributed by atoms with van der Waals surface area (Å²) >= 11 is 0. The Kier molecular flexibility index (Phi) is 1.53. The summed E-state index contributed by atoms with van der Waals surface area (Å²) in [6.07, 6.45) is 1.00. The molecule has 3 heteroatoms. The van der Waals surface area contributed by atoms with Gasteiger partial charge in [-0.3, -0.25) is 0 Å². The normalized spacial score (nSPS) is 20.9. The van der Waals surface area contributed by atoms with Crippen LogP contribution in [0.5, 0.6) is 0 Å². The highest BCUT2D eigenvalue weighted by molar-refractivity contribution is 4.94. The van der Waals surface area contributed by atoms with Crippen LogP contribution >= 0.6 is 0 Å². The van der Waals surface area contributed by atoms with Crippen molar-refractivity contribution in [1.82, 2.24) is 0 Å². The maximum atomic E-state index is 5.43. The Morgan fingerprint density at radius 2 is 2.00 bits per heavy atom. The predicted octanol–water partition coefficient (Wildman–Crippen LogP) is 1.15. The van der Waals surface area contributed by atoms with E-state index in [0.29, 0.717) is 12.5 Å². The zero-order chi connectivity index (χ0) is 6.91.